The first kappa shape index (κ1) is 17.7. The standard InChI is InChI=1S/C18H22Cl2N2O2/c1-17(2)11-23-18(24-12-17,5-7-22-8-6-21-13-22)10-14-3-4-15(19)9-16(14)20/h3-4,6,8-9,13H,5,7,10-12H2,1-2H3. The minimum absolute atomic E-state index is 0.0162. The van der Waals surface area contributed by atoms with Gasteiger partial charge in [0.05, 0.1) is 19.5 Å². The molecule has 0 radical (unpaired) electrons. The van der Waals surface area contributed by atoms with Gasteiger partial charge in [-0.3, -0.25) is 0 Å². The van der Waals surface area contributed by atoms with Crippen LogP contribution < -0.4 is 0 Å². The molecule has 0 aliphatic carbocycles. The maximum Gasteiger partial charge on any atom is 0.174 e. The zero-order chi connectivity index (χ0) is 17.2. The van der Waals surface area contributed by atoms with Gasteiger partial charge in [0.1, 0.15) is 0 Å². The summed E-state index contributed by atoms with van der Waals surface area (Å²) in [4.78, 5) is 4.09. The van der Waals surface area contributed by atoms with Crippen LogP contribution in [0.4, 0.5) is 0 Å². The van der Waals surface area contributed by atoms with E-state index in [0.717, 1.165) is 18.5 Å². The van der Waals surface area contributed by atoms with Crippen LogP contribution in [-0.2, 0) is 22.4 Å². The van der Waals surface area contributed by atoms with E-state index in [9.17, 15) is 0 Å². The number of ether oxygens (including phenoxy) is 2. The zero-order valence-corrected chi connectivity index (χ0v) is 15.5. The summed E-state index contributed by atoms with van der Waals surface area (Å²) in [5, 5.41) is 1.27. The molecule has 0 N–H and O–H groups in total. The fraction of sp³-hybridized carbons (Fsp3) is 0.500. The Morgan fingerprint density at radius 3 is 2.58 bits per heavy atom. The minimum Gasteiger partial charge on any atom is -0.349 e. The highest BCUT2D eigenvalue weighted by Gasteiger charge is 2.40. The predicted octanol–water partition coefficient (Wildman–Crippen LogP) is 4.59. The van der Waals surface area contributed by atoms with Crippen LogP contribution in [0.5, 0.6) is 0 Å². The van der Waals surface area contributed by atoms with Crippen molar-refractivity contribution in [2.45, 2.75) is 39.0 Å². The topological polar surface area (TPSA) is 36.3 Å². The molecule has 6 heteroatoms. The molecule has 0 amide bonds. The number of aryl methyl sites for hydroxylation is 1. The molecule has 0 atom stereocenters. The molecule has 130 valence electrons. The molecule has 1 fully saturated rings. The molecule has 3 rings (SSSR count). The van der Waals surface area contributed by atoms with E-state index in [2.05, 4.69) is 18.8 Å². The van der Waals surface area contributed by atoms with Crippen molar-refractivity contribution in [3.05, 3.63) is 52.5 Å². The van der Waals surface area contributed by atoms with Gasteiger partial charge in [-0.15, -0.1) is 0 Å². The number of benzene rings is 1. The third-order valence-corrected chi connectivity index (χ3v) is 4.82. The van der Waals surface area contributed by atoms with Crippen LogP contribution in [0.1, 0.15) is 25.8 Å². The van der Waals surface area contributed by atoms with Crippen LogP contribution in [0, 0.1) is 5.41 Å². The normalized spacial score (nSPS) is 19.3. The van der Waals surface area contributed by atoms with Crippen molar-refractivity contribution in [1.29, 1.82) is 0 Å². The third kappa shape index (κ3) is 4.31. The predicted molar refractivity (Wildman–Crippen MR) is 95.4 cm³/mol. The molecule has 1 aromatic heterocycles. The number of nitrogens with zero attached hydrogens (tertiary/aromatic N) is 2. The lowest BCUT2D eigenvalue weighted by molar-refractivity contribution is -0.301. The smallest absolute Gasteiger partial charge is 0.174 e. The Balaban J connectivity index is 1.78. The second kappa shape index (κ2) is 7.04. The van der Waals surface area contributed by atoms with Crippen LogP contribution >= 0.6 is 23.2 Å². The van der Waals surface area contributed by atoms with Crippen LogP contribution in [0.25, 0.3) is 0 Å². The summed E-state index contributed by atoms with van der Waals surface area (Å²) in [6.45, 7) is 6.36. The van der Waals surface area contributed by atoms with Gasteiger partial charge >= 0.3 is 0 Å². The summed E-state index contributed by atoms with van der Waals surface area (Å²) >= 11 is 12.4. The van der Waals surface area contributed by atoms with Gasteiger partial charge in [0.25, 0.3) is 0 Å². The number of aromatic nitrogens is 2. The summed E-state index contributed by atoms with van der Waals surface area (Å²) in [5.41, 5.74) is 0.994. The van der Waals surface area contributed by atoms with E-state index in [1.807, 2.05) is 22.9 Å². The monoisotopic (exact) mass is 368 g/mol. The van der Waals surface area contributed by atoms with Gasteiger partial charge in [0, 0.05) is 47.2 Å². The fourth-order valence-electron chi connectivity index (χ4n) is 2.75. The maximum absolute atomic E-state index is 6.36. The SMILES string of the molecule is CC1(C)COC(CCn2ccnc2)(Cc2ccc(Cl)cc2Cl)OC1. The number of hydrogen-bond donors (Lipinski definition) is 0. The molecule has 0 bridgehead atoms. The average Bonchev–Trinajstić information content (AvgIpc) is 3.05. The lowest BCUT2D eigenvalue weighted by Crippen LogP contribution is -2.49. The molecule has 0 unspecified atom stereocenters. The van der Waals surface area contributed by atoms with Crippen LogP contribution in [0.3, 0.4) is 0 Å². The van der Waals surface area contributed by atoms with Gasteiger partial charge in [-0.05, 0) is 17.7 Å². The average molecular weight is 369 g/mol. The first-order valence-corrected chi connectivity index (χ1v) is 8.81. The fourth-order valence-corrected chi connectivity index (χ4v) is 3.22. The van der Waals surface area contributed by atoms with Crippen molar-refractivity contribution in [2.75, 3.05) is 13.2 Å². The van der Waals surface area contributed by atoms with Crippen molar-refractivity contribution >= 4 is 23.2 Å². The Morgan fingerprint density at radius 1 is 1.21 bits per heavy atom. The molecule has 1 saturated heterocycles. The second-order valence-corrected chi connectivity index (χ2v) is 7.96. The van der Waals surface area contributed by atoms with Crippen LogP contribution in [0.15, 0.2) is 36.9 Å². The van der Waals surface area contributed by atoms with Crippen molar-refractivity contribution in [3.63, 3.8) is 0 Å². The lowest BCUT2D eigenvalue weighted by atomic mass is 9.92. The number of hydrogen-bond acceptors (Lipinski definition) is 3. The molecular weight excluding hydrogens is 347 g/mol. The van der Waals surface area contributed by atoms with E-state index in [4.69, 9.17) is 32.7 Å². The molecule has 0 saturated carbocycles. The Hall–Kier alpha value is -1.07. The van der Waals surface area contributed by atoms with Crippen molar-refractivity contribution in [2.24, 2.45) is 5.41 Å². The quantitative estimate of drug-likeness (QED) is 0.773. The first-order chi connectivity index (χ1) is 11.4. The Morgan fingerprint density at radius 2 is 1.96 bits per heavy atom. The van der Waals surface area contributed by atoms with Gasteiger partial charge in [-0.25, -0.2) is 4.98 Å². The molecule has 2 aromatic rings. The largest absolute Gasteiger partial charge is 0.349 e. The van der Waals surface area contributed by atoms with E-state index in [0.29, 0.717) is 29.7 Å². The van der Waals surface area contributed by atoms with E-state index in [1.54, 1.807) is 18.6 Å². The second-order valence-electron chi connectivity index (χ2n) is 7.12. The number of imidazole rings is 1. The van der Waals surface area contributed by atoms with E-state index >= 15 is 0 Å². The van der Waals surface area contributed by atoms with Crippen molar-refractivity contribution in [3.8, 4) is 0 Å². The summed E-state index contributed by atoms with van der Waals surface area (Å²) in [7, 11) is 0. The van der Waals surface area contributed by atoms with Crippen LogP contribution in [0.2, 0.25) is 10.0 Å². The zero-order valence-electron chi connectivity index (χ0n) is 14.0. The highest BCUT2D eigenvalue weighted by molar-refractivity contribution is 6.35. The van der Waals surface area contributed by atoms with Gasteiger partial charge in [0.2, 0.25) is 0 Å². The number of halogens is 2. The Labute approximate surface area is 152 Å². The molecule has 1 aliphatic rings. The summed E-state index contributed by atoms with van der Waals surface area (Å²) in [5.74, 6) is -0.683. The summed E-state index contributed by atoms with van der Waals surface area (Å²) in [6, 6.07) is 5.55. The molecular formula is C18H22Cl2N2O2. The number of rotatable bonds is 5. The van der Waals surface area contributed by atoms with Crippen molar-refractivity contribution in [1.82, 2.24) is 9.55 Å². The first-order valence-electron chi connectivity index (χ1n) is 8.05. The highest BCUT2D eigenvalue weighted by Crippen LogP contribution is 2.36. The summed E-state index contributed by atoms with van der Waals surface area (Å²) < 4.78 is 14.5. The minimum atomic E-state index is -0.683. The van der Waals surface area contributed by atoms with Gasteiger partial charge < -0.3 is 14.0 Å². The lowest BCUT2D eigenvalue weighted by Gasteiger charge is -2.44. The summed E-state index contributed by atoms with van der Waals surface area (Å²) in [6.07, 6.45) is 6.83. The van der Waals surface area contributed by atoms with E-state index in [1.165, 1.54) is 0 Å². The molecule has 0 spiro atoms. The van der Waals surface area contributed by atoms with Gasteiger partial charge in [-0.2, -0.15) is 0 Å². The molecule has 24 heavy (non-hydrogen) atoms. The maximum atomic E-state index is 6.36. The Kier molecular flexibility index (Phi) is 5.21. The van der Waals surface area contributed by atoms with E-state index in [-0.39, 0.29) is 5.41 Å². The molecule has 1 aliphatic heterocycles. The van der Waals surface area contributed by atoms with Crippen molar-refractivity contribution < 1.29 is 9.47 Å². The Bertz CT molecular complexity index is 676. The molecule has 4 nitrogen and oxygen atoms in total. The van der Waals surface area contributed by atoms with Crippen LogP contribution in [-0.4, -0.2) is 28.6 Å². The molecule has 2 heterocycles. The van der Waals surface area contributed by atoms with E-state index < -0.39 is 5.79 Å². The molecule has 1 aromatic carbocycles. The highest BCUT2D eigenvalue weighted by atomic mass is 35.5. The van der Waals surface area contributed by atoms with Gasteiger partial charge in [-0.1, -0.05) is 43.1 Å². The van der Waals surface area contributed by atoms with Gasteiger partial charge in [0.15, 0.2) is 5.79 Å². The third-order valence-electron chi connectivity index (χ3n) is 4.24.